The van der Waals surface area contributed by atoms with Gasteiger partial charge in [0.05, 0.1) is 18.3 Å². The summed E-state index contributed by atoms with van der Waals surface area (Å²) in [6, 6.07) is 8.98. The first-order valence-corrected chi connectivity index (χ1v) is 7.58. The topological polar surface area (TPSA) is 38.0 Å². The quantitative estimate of drug-likeness (QED) is 0.844. The summed E-state index contributed by atoms with van der Waals surface area (Å²) in [6.45, 7) is 4.20. The Bertz CT molecular complexity index is 563. The zero-order valence-corrected chi connectivity index (χ0v) is 12.7. The Morgan fingerprint density at radius 2 is 1.90 bits per heavy atom. The normalized spacial score (nSPS) is 12.8. The van der Waals surface area contributed by atoms with E-state index >= 15 is 0 Å². The highest BCUT2D eigenvalue weighted by atomic mass is 19.1. The standard InChI is InChI=1S/C17H23FN2O/c1-3-15(4-2)20-10-9-14(19-20)11-13(12-21)16-7-5-6-8-17(16)18/h5-10,13,15,21H,3-4,11-12H2,1-2H3. The number of benzene rings is 1. The third-order valence-corrected chi connectivity index (χ3v) is 4.00. The minimum atomic E-state index is -0.268. The van der Waals surface area contributed by atoms with E-state index in [9.17, 15) is 9.50 Å². The Kier molecular flexibility index (Phi) is 5.51. The van der Waals surface area contributed by atoms with Gasteiger partial charge in [0.1, 0.15) is 5.82 Å². The number of aromatic nitrogens is 2. The predicted octanol–water partition coefficient (Wildman–Crippen LogP) is 3.70. The van der Waals surface area contributed by atoms with Gasteiger partial charge < -0.3 is 5.11 Å². The molecule has 1 unspecified atom stereocenters. The molecule has 0 spiro atoms. The summed E-state index contributed by atoms with van der Waals surface area (Å²) in [5.74, 6) is -0.521. The Morgan fingerprint density at radius 3 is 2.52 bits per heavy atom. The Balaban J connectivity index is 2.14. The van der Waals surface area contributed by atoms with E-state index in [2.05, 4.69) is 18.9 Å². The van der Waals surface area contributed by atoms with Gasteiger partial charge in [-0.1, -0.05) is 32.0 Å². The van der Waals surface area contributed by atoms with Crippen LogP contribution in [0.15, 0.2) is 36.5 Å². The summed E-state index contributed by atoms with van der Waals surface area (Å²) >= 11 is 0. The molecule has 114 valence electrons. The minimum absolute atomic E-state index is 0.0845. The summed E-state index contributed by atoms with van der Waals surface area (Å²) in [5.41, 5.74) is 1.45. The van der Waals surface area contributed by atoms with Gasteiger partial charge in [0.25, 0.3) is 0 Å². The molecule has 3 nitrogen and oxygen atoms in total. The lowest BCUT2D eigenvalue weighted by atomic mass is 9.95. The second-order valence-electron chi connectivity index (χ2n) is 5.36. The van der Waals surface area contributed by atoms with E-state index in [0.717, 1.165) is 18.5 Å². The lowest BCUT2D eigenvalue weighted by Crippen LogP contribution is -2.12. The molecule has 1 heterocycles. The first-order valence-electron chi connectivity index (χ1n) is 7.58. The summed E-state index contributed by atoms with van der Waals surface area (Å²) in [5, 5.41) is 14.2. The summed E-state index contributed by atoms with van der Waals surface area (Å²) in [6.07, 6.45) is 4.59. The van der Waals surface area contributed by atoms with Gasteiger partial charge in [0.15, 0.2) is 0 Å². The van der Waals surface area contributed by atoms with Gasteiger partial charge in [0, 0.05) is 18.5 Å². The molecule has 0 aliphatic heterocycles. The van der Waals surface area contributed by atoms with Crippen molar-refractivity contribution in [3.8, 4) is 0 Å². The fraction of sp³-hybridized carbons (Fsp3) is 0.471. The molecule has 0 saturated heterocycles. The highest BCUT2D eigenvalue weighted by molar-refractivity contribution is 5.23. The number of aliphatic hydroxyl groups excluding tert-OH is 1. The lowest BCUT2D eigenvalue weighted by molar-refractivity contribution is 0.260. The SMILES string of the molecule is CCC(CC)n1ccc(CC(CO)c2ccccc2F)n1. The second kappa shape index (κ2) is 7.36. The molecule has 2 rings (SSSR count). The fourth-order valence-corrected chi connectivity index (χ4v) is 2.68. The molecule has 2 aromatic rings. The lowest BCUT2D eigenvalue weighted by Gasteiger charge is -2.15. The molecule has 1 N–H and O–H groups in total. The first-order chi connectivity index (χ1) is 10.2. The van der Waals surface area contributed by atoms with Crippen LogP contribution in [-0.2, 0) is 6.42 Å². The van der Waals surface area contributed by atoms with Gasteiger partial charge >= 0.3 is 0 Å². The Hall–Kier alpha value is -1.68. The average molecular weight is 290 g/mol. The first kappa shape index (κ1) is 15.7. The van der Waals surface area contributed by atoms with Gasteiger partial charge in [-0.2, -0.15) is 5.10 Å². The van der Waals surface area contributed by atoms with E-state index in [4.69, 9.17) is 0 Å². The van der Waals surface area contributed by atoms with Crippen LogP contribution in [0.1, 0.15) is 49.9 Å². The minimum Gasteiger partial charge on any atom is -0.396 e. The van der Waals surface area contributed by atoms with E-state index in [1.807, 2.05) is 16.9 Å². The molecule has 1 aromatic heterocycles. The molecule has 0 radical (unpaired) electrons. The molecule has 4 heteroatoms. The van der Waals surface area contributed by atoms with Gasteiger partial charge in [-0.3, -0.25) is 4.68 Å². The van der Waals surface area contributed by atoms with Crippen molar-refractivity contribution in [3.05, 3.63) is 53.6 Å². The third-order valence-electron chi connectivity index (χ3n) is 4.00. The van der Waals surface area contributed by atoms with Gasteiger partial charge in [-0.25, -0.2) is 4.39 Å². The van der Waals surface area contributed by atoms with Crippen molar-refractivity contribution in [1.82, 2.24) is 9.78 Å². The molecule has 0 aliphatic rings. The van der Waals surface area contributed by atoms with Crippen LogP contribution >= 0.6 is 0 Å². The van der Waals surface area contributed by atoms with E-state index in [-0.39, 0.29) is 18.3 Å². The molecule has 0 saturated carbocycles. The zero-order chi connectivity index (χ0) is 15.2. The van der Waals surface area contributed by atoms with Crippen molar-refractivity contribution in [1.29, 1.82) is 0 Å². The highest BCUT2D eigenvalue weighted by Crippen LogP contribution is 2.23. The average Bonchev–Trinajstić information content (AvgIpc) is 2.95. The number of nitrogens with zero attached hydrogens (tertiary/aromatic N) is 2. The van der Waals surface area contributed by atoms with E-state index in [1.165, 1.54) is 6.07 Å². The number of aliphatic hydroxyl groups is 1. The van der Waals surface area contributed by atoms with Crippen LogP contribution in [0, 0.1) is 5.82 Å². The van der Waals surface area contributed by atoms with Gasteiger partial charge in [0.2, 0.25) is 0 Å². The smallest absolute Gasteiger partial charge is 0.126 e. The molecular weight excluding hydrogens is 267 g/mol. The molecule has 0 fully saturated rings. The summed E-state index contributed by atoms with van der Waals surface area (Å²) in [7, 11) is 0. The number of hydrogen-bond donors (Lipinski definition) is 1. The van der Waals surface area contributed by atoms with E-state index in [1.54, 1.807) is 18.2 Å². The van der Waals surface area contributed by atoms with E-state index in [0.29, 0.717) is 18.0 Å². The highest BCUT2D eigenvalue weighted by Gasteiger charge is 2.17. The maximum atomic E-state index is 13.8. The molecular formula is C17H23FN2O. The van der Waals surface area contributed by atoms with Crippen LogP contribution in [-0.4, -0.2) is 21.5 Å². The molecule has 0 bridgehead atoms. The van der Waals surface area contributed by atoms with Crippen molar-refractivity contribution in [3.63, 3.8) is 0 Å². The van der Waals surface area contributed by atoms with Crippen LogP contribution in [0.2, 0.25) is 0 Å². The van der Waals surface area contributed by atoms with Crippen molar-refractivity contribution < 1.29 is 9.50 Å². The Morgan fingerprint density at radius 1 is 1.19 bits per heavy atom. The molecule has 1 atom stereocenters. The van der Waals surface area contributed by atoms with Crippen LogP contribution in [0.4, 0.5) is 4.39 Å². The molecule has 0 aliphatic carbocycles. The van der Waals surface area contributed by atoms with Crippen LogP contribution < -0.4 is 0 Å². The maximum Gasteiger partial charge on any atom is 0.126 e. The molecule has 1 aromatic carbocycles. The fourth-order valence-electron chi connectivity index (χ4n) is 2.68. The zero-order valence-electron chi connectivity index (χ0n) is 12.7. The number of rotatable bonds is 7. The summed E-state index contributed by atoms with van der Waals surface area (Å²) in [4.78, 5) is 0. The van der Waals surface area contributed by atoms with E-state index < -0.39 is 0 Å². The van der Waals surface area contributed by atoms with Crippen LogP contribution in [0.3, 0.4) is 0 Å². The van der Waals surface area contributed by atoms with Crippen molar-refractivity contribution in [2.75, 3.05) is 6.61 Å². The monoisotopic (exact) mass is 290 g/mol. The van der Waals surface area contributed by atoms with Crippen molar-refractivity contribution >= 4 is 0 Å². The van der Waals surface area contributed by atoms with Crippen molar-refractivity contribution in [2.24, 2.45) is 0 Å². The van der Waals surface area contributed by atoms with Crippen LogP contribution in [0.5, 0.6) is 0 Å². The predicted molar refractivity (Wildman–Crippen MR) is 81.8 cm³/mol. The largest absolute Gasteiger partial charge is 0.396 e. The summed E-state index contributed by atoms with van der Waals surface area (Å²) < 4.78 is 15.8. The van der Waals surface area contributed by atoms with Gasteiger partial charge in [-0.05, 0) is 30.5 Å². The number of halogens is 1. The van der Waals surface area contributed by atoms with Gasteiger partial charge in [-0.15, -0.1) is 0 Å². The van der Waals surface area contributed by atoms with Crippen molar-refractivity contribution in [2.45, 2.75) is 45.1 Å². The Labute approximate surface area is 125 Å². The third kappa shape index (κ3) is 3.70. The number of hydrogen-bond acceptors (Lipinski definition) is 2. The van der Waals surface area contributed by atoms with Crippen LogP contribution in [0.25, 0.3) is 0 Å². The molecule has 21 heavy (non-hydrogen) atoms. The molecule has 0 amide bonds. The maximum absolute atomic E-state index is 13.8. The second-order valence-corrected chi connectivity index (χ2v) is 5.36.